The van der Waals surface area contributed by atoms with Crippen LogP contribution >= 0.6 is 23.8 Å². The fourth-order valence-corrected chi connectivity index (χ4v) is 3.27. The fourth-order valence-electron chi connectivity index (χ4n) is 2.72. The number of benzene rings is 1. The lowest BCUT2D eigenvalue weighted by molar-refractivity contribution is 0.0265. The molecule has 0 saturated carbocycles. The lowest BCUT2D eigenvalue weighted by Gasteiger charge is -2.30. The maximum Gasteiger partial charge on any atom is 0.410 e. The zero-order chi connectivity index (χ0) is 17.9. The van der Waals surface area contributed by atoms with Gasteiger partial charge in [-0.25, -0.2) is 4.79 Å². The first-order chi connectivity index (χ1) is 11.2. The van der Waals surface area contributed by atoms with E-state index in [2.05, 4.69) is 5.32 Å². The van der Waals surface area contributed by atoms with Crippen LogP contribution in [0, 0.1) is 0 Å². The summed E-state index contributed by atoms with van der Waals surface area (Å²) < 4.78 is 5.49. The van der Waals surface area contributed by atoms with Crippen molar-refractivity contribution in [3.63, 3.8) is 0 Å². The molecule has 1 heterocycles. The van der Waals surface area contributed by atoms with E-state index in [0.29, 0.717) is 16.6 Å². The number of thiocarbonyl (C=S) groups is 1. The van der Waals surface area contributed by atoms with Gasteiger partial charge in [-0.05, 0) is 58.2 Å². The van der Waals surface area contributed by atoms with Gasteiger partial charge in [0.1, 0.15) is 5.60 Å². The third kappa shape index (κ3) is 5.08. The fraction of sp³-hybridized carbons (Fsp3) is 0.556. The third-order valence-corrected chi connectivity index (χ3v) is 4.55. The Morgan fingerprint density at radius 1 is 1.38 bits per heavy atom. The number of amides is 1. The molecule has 2 atom stereocenters. The van der Waals surface area contributed by atoms with Gasteiger partial charge < -0.3 is 10.1 Å². The summed E-state index contributed by atoms with van der Waals surface area (Å²) in [6, 6.07) is 7.62. The van der Waals surface area contributed by atoms with Crippen molar-refractivity contribution in [3.05, 3.63) is 34.9 Å². The molecule has 24 heavy (non-hydrogen) atoms. The number of halogens is 1. The standard InChI is InChI=1S/C18H25ClN2O2S/c1-12(13-7-9-14(19)10-8-13)20-16(24)15-6-5-11-21(15)17(22)23-18(2,3)4/h7-10,12,15H,5-6,11H2,1-4H3,(H,20,24)/t12-,15?/m0/s1. The second kappa shape index (κ2) is 7.70. The molecule has 6 heteroatoms. The molecule has 1 aromatic rings. The van der Waals surface area contributed by atoms with Crippen LogP contribution in [0.25, 0.3) is 0 Å². The molecule has 4 nitrogen and oxygen atoms in total. The Labute approximate surface area is 154 Å². The second-order valence-corrected chi connectivity index (χ2v) is 7.99. The van der Waals surface area contributed by atoms with Crippen molar-refractivity contribution in [2.24, 2.45) is 0 Å². The van der Waals surface area contributed by atoms with E-state index in [-0.39, 0.29) is 18.2 Å². The SMILES string of the molecule is C[C@H](NC(=S)C1CCCN1C(=O)OC(C)(C)C)c1ccc(Cl)cc1. The van der Waals surface area contributed by atoms with Crippen LogP contribution in [-0.4, -0.2) is 34.2 Å². The van der Waals surface area contributed by atoms with Crippen molar-refractivity contribution in [2.45, 2.75) is 58.2 Å². The van der Waals surface area contributed by atoms with E-state index in [4.69, 9.17) is 28.6 Å². The molecule has 1 amide bonds. The van der Waals surface area contributed by atoms with Gasteiger partial charge in [0.25, 0.3) is 0 Å². The summed E-state index contributed by atoms with van der Waals surface area (Å²) in [5.41, 5.74) is 0.596. The lowest BCUT2D eigenvalue weighted by Crippen LogP contribution is -2.47. The summed E-state index contributed by atoms with van der Waals surface area (Å²) in [5, 5.41) is 4.05. The van der Waals surface area contributed by atoms with Crippen LogP contribution in [0.2, 0.25) is 5.02 Å². The molecule has 1 saturated heterocycles. The zero-order valence-corrected chi connectivity index (χ0v) is 16.2. The number of hydrogen-bond donors (Lipinski definition) is 1. The van der Waals surface area contributed by atoms with Crippen LogP contribution in [0.4, 0.5) is 4.79 Å². The largest absolute Gasteiger partial charge is 0.444 e. The van der Waals surface area contributed by atoms with Gasteiger partial charge in [0.2, 0.25) is 0 Å². The Hall–Kier alpha value is -1.33. The Morgan fingerprint density at radius 2 is 2.00 bits per heavy atom. The maximum absolute atomic E-state index is 12.4. The molecule has 1 unspecified atom stereocenters. The number of nitrogens with one attached hydrogen (secondary N) is 1. The average Bonchev–Trinajstić information content (AvgIpc) is 2.95. The van der Waals surface area contributed by atoms with Gasteiger partial charge in [-0.1, -0.05) is 36.0 Å². The first-order valence-electron chi connectivity index (χ1n) is 8.23. The summed E-state index contributed by atoms with van der Waals surface area (Å²) in [6.07, 6.45) is 1.49. The molecule has 1 aromatic carbocycles. The van der Waals surface area contributed by atoms with Gasteiger partial charge in [0, 0.05) is 17.6 Å². The van der Waals surface area contributed by atoms with Gasteiger partial charge >= 0.3 is 6.09 Å². The number of rotatable bonds is 3. The van der Waals surface area contributed by atoms with Gasteiger partial charge in [0.15, 0.2) is 0 Å². The van der Waals surface area contributed by atoms with E-state index in [1.54, 1.807) is 4.90 Å². The molecule has 0 bridgehead atoms. The van der Waals surface area contributed by atoms with Crippen LogP contribution in [0.5, 0.6) is 0 Å². The quantitative estimate of drug-likeness (QED) is 0.784. The first kappa shape index (κ1) is 19.0. The van der Waals surface area contributed by atoms with E-state index < -0.39 is 5.60 Å². The molecule has 0 aliphatic carbocycles. The Kier molecular flexibility index (Phi) is 6.10. The number of likely N-dealkylation sites (tertiary alicyclic amines) is 1. The molecule has 0 radical (unpaired) electrons. The number of carbonyl (C=O) groups is 1. The highest BCUT2D eigenvalue weighted by atomic mass is 35.5. The van der Waals surface area contributed by atoms with Crippen molar-refractivity contribution in [1.82, 2.24) is 10.2 Å². The molecule has 0 spiro atoms. The summed E-state index contributed by atoms with van der Waals surface area (Å²) in [4.78, 5) is 14.8. The van der Waals surface area contributed by atoms with Gasteiger partial charge in [0.05, 0.1) is 11.0 Å². The maximum atomic E-state index is 12.4. The van der Waals surface area contributed by atoms with E-state index in [1.807, 2.05) is 52.0 Å². The minimum atomic E-state index is -0.504. The first-order valence-corrected chi connectivity index (χ1v) is 9.01. The molecule has 0 aromatic heterocycles. The number of nitrogens with zero attached hydrogens (tertiary/aromatic N) is 1. The Balaban J connectivity index is 2.00. The highest BCUT2D eigenvalue weighted by Gasteiger charge is 2.35. The van der Waals surface area contributed by atoms with Gasteiger partial charge in [-0.3, -0.25) is 4.90 Å². The smallest absolute Gasteiger partial charge is 0.410 e. The molecule has 1 fully saturated rings. The van der Waals surface area contributed by atoms with Gasteiger partial charge in [-0.15, -0.1) is 0 Å². The van der Waals surface area contributed by atoms with Crippen LogP contribution < -0.4 is 5.32 Å². The van der Waals surface area contributed by atoms with Crippen LogP contribution in [0.3, 0.4) is 0 Å². The van der Waals surface area contributed by atoms with Crippen LogP contribution in [0.15, 0.2) is 24.3 Å². The molecule has 1 aliphatic rings. The molecule has 1 N–H and O–H groups in total. The van der Waals surface area contributed by atoms with Crippen LogP contribution in [-0.2, 0) is 4.74 Å². The number of ether oxygens (including phenoxy) is 1. The van der Waals surface area contributed by atoms with Crippen molar-refractivity contribution < 1.29 is 9.53 Å². The third-order valence-electron chi connectivity index (χ3n) is 3.91. The topological polar surface area (TPSA) is 41.6 Å². The summed E-state index contributed by atoms with van der Waals surface area (Å²) in [7, 11) is 0. The molecule has 132 valence electrons. The molecular formula is C18H25ClN2O2S. The predicted molar refractivity (Wildman–Crippen MR) is 102 cm³/mol. The van der Waals surface area contributed by atoms with Crippen molar-refractivity contribution >= 4 is 34.9 Å². The number of carbonyl (C=O) groups excluding carboxylic acids is 1. The summed E-state index contributed by atoms with van der Waals surface area (Å²) >= 11 is 11.5. The van der Waals surface area contributed by atoms with Gasteiger partial charge in [-0.2, -0.15) is 0 Å². The normalized spacial score (nSPS) is 19.0. The monoisotopic (exact) mass is 368 g/mol. The van der Waals surface area contributed by atoms with E-state index in [0.717, 1.165) is 18.4 Å². The zero-order valence-electron chi connectivity index (χ0n) is 14.6. The minimum Gasteiger partial charge on any atom is -0.444 e. The Morgan fingerprint density at radius 3 is 2.58 bits per heavy atom. The molecule has 2 rings (SSSR count). The van der Waals surface area contributed by atoms with E-state index >= 15 is 0 Å². The highest BCUT2D eigenvalue weighted by molar-refractivity contribution is 7.80. The van der Waals surface area contributed by atoms with Crippen molar-refractivity contribution in [2.75, 3.05) is 6.54 Å². The molecular weight excluding hydrogens is 344 g/mol. The molecule has 1 aliphatic heterocycles. The van der Waals surface area contributed by atoms with Crippen LogP contribution in [0.1, 0.15) is 52.1 Å². The van der Waals surface area contributed by atoms with Crippen molar-refractivity contribution in [1.29, 1.82) is 0 Å². The van der Waals surface area contributed by atoms with E-state index in [1.165, 1.54) is 0 Å². The van der Waals surface area contributed by atoms with Crippen molar-refractivity contribution in [3.8, 4) is 0 Å². The lowest BCUT2D eigenvalue weighted by atomic mass is 10.1. The number of hydrogen-bond acceptors (Lipinski definition) is 3. The minimum absolute atomic E-state index is 0.0517. The predicted octanol–water partition coefficient (Wildman–Crippen LogP) is 4.72. The Bertz CT molecular complexity index is 598. The summed E-state index contributed by atoms with van der Waals surface area (Å²) in [5.74, 6) is 0. The highest BCUT2D eigenvalue weighted by Crippen LogP contribution is 2.23. The average molecular weight is 369 g/mol. The second-order valence-electron chi connectivity index (χ2n) is 7.11. The summed E-state index contributed by atoms with van der Waals surface area (Å²) in [6.45, 7) is 8.33. The van der Waals surface area contributed by atoms with E-state index in [9.17, 15) is 4.79 Å².